The highest BCUT2D eigenvalue weighted by Crippen LogP contribution is 2.39. The van der Waals surface area contributed by atoms with Gasteiger partial charge in [-0.3, -0.25) is 4.90 Å². The number of hydrogen-bond acceptors (Lipinski definition) is 4. The Morgan fingerprint density at radius 2 is 1.88 bits per heavy atom. The molecule has 0 radical (unpaired) electrons. The fraction of sp³-hybridized carbons (Fsp3) is 1.00. The van der Waals surface area contributed by atoms with Crippen molar-refractivity contribution < 1.29 is 14.2 Å². The zero-order valence-corrected chi connectivity index (χ0v) is 9.82. The van der Waals surface area contributed by atoms with Crippen LogP contribution in [0.15, 0.2) is 0 Å². The lowest BCUT2D eigenvalue weighted by Gasteiger charge is -2.29. The minimum absolute atomic E-state index is 0.197. The Bertz CT molecular complexity index is 234. The van der Waals surface area contributed by atoms with E-state index in [4.69, 9.17) is 14.2 Å². The van der Waals surface area contributed by atoms with E-state index in [0.717, 1.165) is 52.3 Å². The number of nitrogens with zero attached hydrogens (tertiary/aromatic N) is 1. The molecule has 0 amide bonds. The molecule has 2 saturated heterocycles. The van der Waals surface area contributed by atoms with Crippen molar-refractivity contribution >= 4 is 0 Å². The average molecular weight is 227 g/mol. The molecule has 0 unspecified atom stereocenters. The van der Waals surface area contributed by atoms with Crippen LogP contribution in [0.25, 0.3) is 0 Å². The summed E-state index contributed by atoms with van der Waals surface area (Å²) in [5, 5.41) is 0. The minimum Gasteiger partial charge on any atom is -0.379 e. The van der Waals surface area contributed by atoms with E-state index in [2.05, 4.69) is 4.90 Å². The Labute approximate surface area is 96.8 Å². The van der Waals surface area contributed by atoms with Crippen LogP contribution in [0.1, 0.15) is 25.7 Å². The summed E-state index contributed by atoms with van der Waals surface area (Å²) in [5.74, 6) is -0.197. The molecular formula is C12H21NO3. The van der Waals surface area contributed by atoms with Crippen LogP contribution in [-0.2, 0) is 14.2 Å². The Hall–Kier alpha value is -0.160. The van der Waals surface area contributed by atoms with Gasteiger partial charge in [0.15, 0.2) is 5.79 Å². The van der Waals surface area contributed by atoms with E-state index in [9.17, 15) is 0 Å². The predicted octanol–water partition coefficient (Wildman–Crippen LogP) is 1.00. The summed E-state index contributed by atoms with van der Waals surface area (Å²) in [6.07, 6.45) is 4.96. The van der Waals surface area contributed by atoms with Gasteiger partial charge in [0, 0.05) is 32.5 Å². The second-order valence-corrected chi connectivity index (χ2v) is 5.08. The molecule has 3 rings (SSSR count). The molecule has 0 aromatic carbocycles. The predicted molar refractivity (Wildman–Crippen MR) is 59.3 cm³/mol. The van der Waals surface area contributed by atoms with E-state index in [1.165, 1.54) is 12.8 Å². The standard InChI is InChI=1S/C12H21NO3/c1-2-4-12(3-1)15-10-11(16-12)9-13-5-7-14-8-6-13/h11H,1-10H2/t11-/m0/s1. The zero-order valence-electron chi connectivity index (χ0n) is 9.82. The molecule has 1 aliphatic carbocycles. The first-order valence-corrected chi connectivity index (χ1v) is 6.48. The number of hydrogen-bond donors (Lipinski definition) is 0. The van der Waals surface area contributed by atoms with Crippen molar-refractivity contribution in [2.75, 3.05) is 39.5 Å². The summed E-state index contributed by atoms with van der Waals surface area (Å²) in [5.41, 5.74) is 0. The Balaban J connectivity index is 1.49. The van der Waals surface area contributed by atoms with E-state index in [0.29, 0.717) is 0 Å². The van der Waals surface area contributed by atoms with Crippen LogP contribution in [0.4, 0.5) is 0 Å². The highest BCUT2D eigenvalue weighted by atomic mass is 16.7. The molecule has 1 spiro atoms. The van der Waals surface area contributed by atoms with Gasteiger partial charge in [-0.25, -0.2) is 0 Å². The van der Waals surface area contributed by atoms with E-state index in [-0.39, 0.29) is 11.9 Å². The topological polar surface area (TPSA) is 30.9 Å². The third-order valence-corrected chi connectivity index (χ3v) is 3.84. The maximum Gasteiger partial charge on any atom is 0.168 e. The van der Waals surface area contributed by atoms with Crippen molar-refractivity contribution in [3.05, 3.63) is 0 Å². The van der Waals surface area contributed by atoms with E-state index in [1.807, 2.05) is 0 Å². The summed E-state index contributed by atoms with van der Waals surface area (Å²) in [6, 6.07) is 0. The molecule has 1 saturated carbocycles. The molecule has 0 bridgehead atoms. The van der Waals surface area contributed by atoms with Gasteiger partial charge in [0.1, 0.15) is 0 Å². The van der Waals surface area contributed by atoms with Crippen molar-refractivity contribution in [1.82, 2.24) is 4.90 Å². The largest absolute Gasteiger partial charge is 0.379 e. The lowest BCUT2D eigenvalue weighted by atomic mass is 10.2. The summed E-state index contributed by atoms with van der Waals surface area (Å²) in [4.78, 5) is 2.42. The van der Waals surface area contributed by atoms with Crippen molar-refractivity contribution in [3.8, 4) is 0 Å². The minimum atomic E-state index is -0.197. The molecule has 1 atom stereocenters. The first kappa shape index (κ1) is 11.0. The van der Waals surface area contributed by atoms with Gasteiger partial charge in [0.25, 0.3) is 0 Å². The van der Waals surface area contributed by atoms with Gasteiger partial charge in [-0.2, -0.15) is 0 Å². The van der Waals surface area contributed by atoms with Crippen LogP contribution in [0.2, 0.25) is 0 Å². The molecule has 4 nitrogen and oxygen atoms in total. The number of rotatable bonds is 2. The van der Waals surface area contributed by atoms with E-state index < -0.39 is 0 Å². The Morgan fingerprint density at radius 1 is 1.12 bits per heavy atom. The first-order chi connectivity index (χ1) is 7.86. The maximum absolute atomic E-state index is 6.11. The maximum atomic E-state index is 6.11. The summed E-state index contributed by atoms with van der Waals surface area (Å²) < 4.78 is 17.3. The second-order valence-electron chi connectivity index (χ2n) is 5.08. The molecule has 2 aliphatic heterocycles. The van der Waals surface area contributed by atoms with Crippen LogP contribution >= 0.6 is 0 Å². The molecule has 2 heterocycles. The Kier molecular flexibility index (Phi) is 3.16. The first-order valence-electron chi connectivity index (χ1n) is 6.48. The zero-order chi connectivity index (χ0) is 10.8. The van der Waals surface area contributed by atoms with Gasteiger partial charge in [0.2, 0.25) is 0 Å². The lowest BCUT2D eigenvalue weighted by Crippen LogP contribution is -2.42. The quantitative estimate of drug-likeness (QED) is 0.704. The van der Waals surface area contributed by atoms with Crippen LogP contribution in [0.3, 0.4) is 0 Å². The highest BCUT2D eigenvalue weighted by molar-refractivity contribution is 4.85. The SMILES string of the molecule is C1CCC2(C1)OC[C@H](CN1CCOCC1)O2. The Morgan fingerprint density at radius 3 is 2.62 bits per heavy atom. The number of ether oxygens (including phenoxy) is 3. The molecule has 16 heavy (non-hydrogen) atoms. The van der Waals surface area contributed by atoms with E-state index >= 15 is 0 Å². The van der Waals surface area contributed by atoms with Crippen LogP contribution in [-0.4, -0.2) is 56.2 Å². The molecule has 3 fully saturated rings. The third kappa shape index (κ3) is 2.25. The van der Waals surface area contributed by atoms with Gasteiger partial charge in [0.05, 0.1) is 25.9 Å². The van der Waals surface area contributed by atoms with Gasteiger partial charge in [-0.15, -0.1) is 0 Å². The molecule has 0 aromatic heterocycles. The summed E-state index contributed by atoms with van der Waals surface area (Å²) >= 11 is 0. The van der Waals surface area contributed by atoms with Gasteiger partial charge in [-0.05, 0) is 12.8 Å². The third-order valence-electron chi connectivity index (χ3n) is 3.84. The van der Waals surface area contributed by atoms with Gasteiger partial charge >= 0.3 is 0 Å². The number of morpholine rings is 1. The lowest BCUT2D eigenvalue weighted by molar-refractivity contribution is -0.164. The van der Waals surface area contributed by atoms with Gasteiger partial charge in [-0.1, -0.05) is 0 Å². The fourth-order valence-electron chi connectivity index (χ4n) is 2.95. The summed E-state index contributed by atoms with van der Waals surface area (Å²) in [7, 11) is 0. The average Bonchev–Trinajstić information content (AvgIpc) is 2.92. The van der Waals surface area contributed by atoms with Crippen molar-refractivity contribution in [1.29, 1.82) is 0 Å². The molecule has 92 valence electrons. The fourth-order valence-corrected chi connectivity index (χ4v) is 2.95. The normalized spacial score (nSPS) is 34.9. The smallest absolute Gasteiger partial charge is 0.168 e. The molecule has 4 heteroatoms. The summed E-state index contributed by atoms with van der Waals surface area (Å²) in [6.45, 7) is 5.57. The molecular weight excluding hydrogens is 206 g/mol. The molecule has 0 aromatic rings. The van der Waals surface area contributed by atoms with Gasteiger partial charge < -0.3 is 14.2 Å². The van der Waals surface area contributed by atoms with Crippen LogP contribution < -0.4 is 0 Å². The second kappa shape index (κ2) is 4.61. The molecule has 0 N–H and O–H groups in total. The van der Waals surface area contributed by atoms with Crippen molar-refractivity contribution in [2.45, 2.75) is 37.6 Å². The van der Waals surface area contributed by atoms with Crippen molar-refractivity contribution in [3.63, 3.8) is 0 Å². The highest BCUT2D eigenvalue weighted by Gasteiger charge is 2.43. The monoisotopic (exact) mass is 227 g/mol. The molecule has 3 aliphatic rings. The van der Waals surface area contributed by atoms with E-state index in [1.54, 1.807) is 0 Å². The van der Waals surface area contributed by atoms with Crippen molar-refractivity contribution in [2.24, 2.45) is 0 Å². The van der Waals surface area contributed by atoms with Crippen LogP contribution in [0, 0.1) is 0 Å². The van der Waals surface area contributed by atoms with Crippen LogP contribution in [0.5, 0.6) is 0 Å².